The number of H-pyrrole nitrogens is 1. The highest BCUT2D eigenvalue weighted by Crippen LogP contribution is 2.30. The summed E-state index contributed by atoms with van der Waals surface area (Å²) >= 11 is 5.93. The molecule has 0 radical (unpaired) electrons. The molecule has 0 saturated carbocycles. The monoisotopic (exact) mass is 317 g/mol. The fraction of sp³-hybridized carbons (Fsp3) is 0.400. The predicted octanol–water partition coefficient (Wildman–Crippen LogP) is 1.81. The Kier molecular flexibility index (Phi) is 4.12. The van der Waals surface area contributed by atoms with E-state index in [4.69, 9.17) is 11.6 Å². The minimum atomic E-state index is -0.996. The Morgan fingerprint density at radius 2 is 2.36 bits per heavy atom. The van der Waals surface area contributed by atoms with E-state index in [0.29, 0.717) is 35.8 Å². The molecule has 1 aliphatic rings. The molecule has 1 atom stereocenters. The standard InChI is InChI=1S/C15H16ClN5O/c16-13-3-2-11(12(6-13)7-17)9-21-5-1-4-15(22,10-21)14-8-18-20-19-14/h2-3,6,8,22H,1,4-5,9-10H2,(H,18,19,20). The summed E-state index contributed by atoms with van der Waals surface area (Å²) in [4.78, 5) is 2.13. The van der Waals surface area contributed by atoms with Gasteiger partial charge in [0.25, 0.3) is 0 Å². The van der Waals surface area contributed by atoms with E-state index in [9.17, 15) is 10.4 Å². The van der Waals surface area contributed by atoms with Crippen LogP contribution in [0.2, 0.25) is 5.02 Å². The molecule has 3 rings (SSSR count). The number of nitriles is 1. The number of hydrogen-bond acceptors (Lipinski definition) is 5. The lowest BCUT2D eigenvalue weighted by Gasteiger charge is -2.38. The highest BCUT2D eigenvalue weighted by Gasteiger charge is 2.37. The topological polar surface area (TPSA) is 88.8 Å². The van der Waals surface area contributed by atoms with Gasteiger partial charge in [-0.15, -0.1) is 0 Å². The van der Waals surface area contributed by atoms with Crippen LogP contribution in [0, 0.1) is 11.3 Å². The van der Waals surface area contributed by atoms with Crippen molar-refractivity contribution in [3.8, 4) is 6.07 Å². The van der Waals surface area contributed by atoms with Gasteiger partial charge in [0.15, 0.2) is 0 Å². The highest BCUT2D eigenvalue weighted by molar-refractivity contribution is 6.30. The molecule has 0 bridgehead atoms. The third-order valence-corrected chi connectivity index (χ3v) is 4.26. The molecular formula is C15H16ClN5O. The smallest absolute Gasteiger partial charge is 0.123 e. The average molecular weight is 318 g/mol. The fourth-order valence-electron chi connectivity index (χ4n) is 2.92. The first-order valence-electron chi connectivity index (χ1n) is 7.10. The van der Waals surface area contributed by atoms with E-state index in [1.54, 1.807) is 18.3 Å². The van der Waals surface area contributed by atoms with E-state index in [1.165, 1.54) is 0 Å². The molecule has 1 saturated heterocycles. The molecule has 7 heteroatoms. The predicted molar refractivity (Wildman–Crippen MR) is 81.0 cm³/mol. The van der Waals surface area contributed by atoms with E-state index in [1.807, 2.05) is 6.07 Å². The second kappa shape index (κ2) is 6.05. The maximum atomic E-state index is 10.8. The largest absolute Gasteiger partial charge is 0.382 e. The summed E-state index contributed by atoms with van der Waals surface area (Å²) in [6, 6.07) is 7.49. The van der Waals surface area contributed by atoms with Crippen LogP contribution in [0.25, 0.3) is 0 Å². The van der Waals surface area contributed by atoms with Crippen molar-refractivity contribution < 1.29 is 5.11 Å². The molecule has 1 fully saturated rings. The molecule has 2 N–H and O–H groups in total. The summed E-state index contributed by atoms with van der Waals surface area (Å²) in [5.41, 5.74) is 1.05. The second-order valence-electron chi connectivity index (χ2n) is 5.61. The Balaban J connectivity index is 1.78. The van der Waals surface area contributed by atoms with Crippen LogP contribution in [0.15, 0.2) is 24.4 Å². The number of aromatic amines is 1. The van der Waals surface area contributed by atoms with Crippen molar-refractivity contribution in [2.24, 2.45) is 0 Å². The van der Waals surface area contributed by atoms with Crippen LogP contribution in [0.4, 0.5) is 0 Å². The number of β-amino-alcohol motifs (C(OH)–C–C–N with tert-alkyl or cyclic N) is 1. The quantitative estimate of drug-likeness (QED) is 0.901. The Morgan fingerprint density at radius 3 is 3.09 bits per heavy atom. The molecule has 1 unspecified atom stereocenters. The van der Waals surface area contributed by atoms with Crippen LogP contribution in [0.5, 0.6) is 0 Å². The Labute approximate surface area is 133 Å². The van der Waals surface area contributed by atoms with Gasteiger partial charge in [-0.3, -0.25) is 4.90 Å². The van der Waals surface area contributed by atoms with Gasteiger partial charge in [-0.1, -0.05) is 17.7 Å². The van der Waals surface area contributed by atoms with Gasteiger partial charge >= 0.3 is 0 Å². The molecule has 0 amide bonds. The minimum absolute atomic E-state index is 0.465. The number of halogens is 1. The third-order valence-electron chi connectivity index (χ3n) is 4.03. The van der Waals surface area contributed by atoms with Gasteiger partial charge in [0.2, 0.25) is 0 Å². The van der Waals surface area contributed by atoms with Crippen molar-refractivity contribution in [2.45, 2.75) is 25.0 Å². The van der Waals surface area contributed by atoms with Crippen LogP contribution >= 0.6 is 11.6 Å². The number of piperidine rings is 1. The lowest BCUT2D eigenvalue weighted by Crippen LogP contribution is -2.46. The zero-order valence-corrected chi connectivity index (χ0v) is 12.7. The van der Waals surface area contributed by atoms with E-state index in [-0.39, 0.29) is 0 Å². The Morgan fingerprint density at radius 1 is 1.50 bits per heavy atom. The normalized spacial score (nSPS) is 22.4. The lowest BCUT2D eigenvalue weighted by atomic mass is 9.89. The molecule has 0 aliphatic carbocycles. The van der Waals surface area contributed by atoms with Crippen molar-refractivity contribution in [1.82, 2.24) is 20.3 Å². The molecule has 2 aromatic rings. The number of benzene rings is 1. The van der Waals surface area contributed by atoms with Crippen LogP contribution < -0.4 is 0 Å². The number of nitrogens with zero attached hydrogens (tertiary/aromatic N) is 4. The molecule has 1 aromatic heterocycles. The van der Waals surface area contributed by atoms with Crippen molar-refractivity contribution in [3.63, 3.8) is 0 Å². The maximum absolute atomic E-state index is 10.8. The summed E-state index contributed by atoms with van der Waals surface area (Å²) in [6.45, 7) is 1.93. The van der Waals surface area contributed by atoms with Gasteiger partial charge in [0.1, 0.15) is 11.3 Å². The van der Waals surface area contributed by atoms with Gasteiger partial charge < -0.3 is 5.11 Å². The summed E-state index contributed by atoms with van der Waals surface area (Å²) in [5.74, 6) is 0. The number of aromatic nitrogens is 3. The first-order chi connectivity index (χ1) is 10.6. The van der Waals surface area contributed by atoms with Gasteiger partial charge in [-0.05, 0) is 37.1 Å². The molecule has 1 aliphatic heterocycles. The Hall–Kier alpha value is -1.94. The zero-order chi connectivity index (χ0) is 15.6. The first kappa shape index (κ1) is 15.0. The van der Waals surface area contributed by atoms with Crippen molar-refractivity contribution >= 4 is 11.6 Å². The number of aliphatic hydroxyl groups is 1. The van der Waals surface area contributed by atoms with Gasteiger partial charge in [-0.25, -0.2) is 0 Å². The summed E-state index contributed by atoms with van der Waals surface area (Å²) < 4.78 is 0. The lowest BCUT2D eigenvalue weighted by molar-refractivity contribution is -0.0414. The SMILES string of the molecule is N#Cc1cc(Cl)ccc1CN1CCCC(O)(c2cn[nH]n2)C1. The molecule has 0 spiro atoms. The number of likely N-dealkylation sites (tertiary alicyclic amines) is 1. The summed E-state index contributed by atoms with van der Waals surface area (Å²) in [7, 11) is 0. The molecule has 6 nitrogen and oxygen atoms in total. The zero-order valence-electron chi connectivity index (χ0n) is 12.0. The molecule has 2 heterocycles. The first-order valence-corrected chi connectivity index (χ1v) is 7.48. The van der Waals surface area contributed by atoms with E-state index in [2.05, 4.69) is 26.4 Å². The van der Waals surface area contributed by atoms with Gasteiger partial charge in [0, 0.05) is 18.1 Å². The van der Waals surface area contributed by atoms with Crippen molar-refractivity contribution in [1.29, 1.82) is 5.26 Å². The number of hydrogen-bond donors (Lipinski definition) is 2. The van der Waals surface area contributed by atoms with Crippen molar-refractivity contribution in [3.05, 3.63) is 46.2 Å². The van der Waals surface area contributed by atoms with Gasteiger partial charge in [-0.2, -0.15) is 20.7 Å². The van der Waals surface area contributed by atoms with E-state index >= 15 is 0 Å². The highest BCUT2D eigenvalue weighted by atomic mass is 35.5. The van der Waals surface area contributed by atoms with E-state index < -0.39 is 5.60 Å². The second-order valence-corrected chi connectivity index (χ2v) is 6.05. The summed E-state index contributed by atoms with van der Waals surface area (Å²) in [6.07, 6.45) is 3.08. The average Bonchev–Trinajstić information content (AvgIpc) is 3.04. The summed E-state index contributed by atoms with van der Waals surface area (Å²) in [5, 5.41) is 30.9. The van der Waals surface area contributed by atoms with Crippen LogP contribution in [0.3, 0.4) is 0 Å². The molecular weight excluding hydrogens is 302 g/mol. The van der Waals surface area contributed by atoms with Crippen molar-refractivity contribution in [2.75, 3.05) is 13.1 Å². The fourth-order valence-corrected chi connectivity index (χ4v) is 3.10. The Bertz CT molecular complexity index is 696. The van der Waals surface area contributed by atoms with Crippen LogP contribution in [-0.2, 0) is 12.1 Å². The molecule has 114 valence electrons. The number of rotatable bonds is 3. The van der Waals surface area contributed by atoms with E-state index in [0.717, 1.165) is 18.5 Å². The maximum Gasteiger partial charge on any atom is 0.123 e. The molecule has 1 aromatic carbocycles. The minimum Gasteiger partial charge on any atom is -0.382 e. The van der Waals surface area contributed by atoms with Gasteiger partial charge in [0.05, 0.1) is 17.8 Å². The van der Waals surface area contributed by atoms with Crippen LogP contribution in [-0.4, -0.2) is 38.5 Å². The third kappa shape index (κ3) is 2.97. The van der Waals surface area contributed by atoms with Crippen LogP contribution in [0.1, 0.15) is 29.7 Å². The number of nitrogens with one attached hydrogen (secondary N) is 1. The molecule has 22 heavy (non-hydrogen) atoms.